The maximum atomic E-state index is 4.44. The van der Waals surface area contributed by atoms with Gasteiger partial charge in [0.1, 0.15) is 5.82 Å². The van der Waals surface area contributed by atoms with Crippen LogP contribution >= 0.6 is 0 Å². The zero-order valence-electron chi connectivity index (χ0n) is 11.8. The summed E-state index contributed by atoms with van der Waals surface area (Å²) in [7, 11) is 0. The topological polar surface area (TPSA) is 49.8 Å². The van der Waals surface area contributed by atoms with Gasteiger partial charge in [-0.15, -0.1) is 0 Å². The van der Waals surface area contributed by atoms with Crippen LogP contribution in [-0.4, -0.2) is 23.1 Å². The van der Waals surface area contributed by atoms with E-state index in [2.05, 4.69) is 33.6 Å². The molecule has 0 aromatic carbocycles. The van der Waals surface area contributed by atoms with E-state index in [4.69, 9.17) is 0 Å². The minimum Gasteiger partial charge on any atom is -0.370 e. The molecule has 1 aliphatic rings. The zero-order valence-corrected chi connectivity index (χ0v) is 11.8. The van der Waals surface area contributed by atoms with Gasteiger partial charge in [-0.05, 0) is 44.6 Å². The molecule has 1 aromatic rings. The number of nitrogens with zero attached hydrogens (tertiary/aromatic N) is 2. The molecule has 1 aliphatic carbocycles. The molecule has 0 saturated carbocycles. The van der Waals surface area contributed by atoms with E-state index < -0.39 is 0 Å². The molecule has 1 heterocycles. The molecule has 4 heteroatoms. The van der Waals surface area contributed by atoms with Crippen LogP contribution in [0.4, 0.5) is 11.8 Å². The van der Waals surface area contributed by atoms with Gasteiger partial charge in [-0.2, -0.15) is 4.98 Å². The minimum atomic E-state index is 0.712. The molecular weight excluding hydrogens is 236 g/mol. The molecule has 104 valence electrons. The molecule has 0 spiro atoms. The Bertz CT molecular complexity index is 414. The Morgan fingerprint density at radius 2 is 2.16 bits per heavy atom. The van der Waals surface area contributed by atoms with Gasteiger partial charge in [0, 0.05) is 19.3 Å². The third kappa shape index (κ3) is 4.89. The second-order valence-corrected chi connectivity index (χ2v) is 4.98. The number of nitrogens with one attached hydrogen (secondary N) is 2. The number of hydrogen-bond donors (Lipinski definition) is 2. The Morgan fingerprint density at radius 1 is 1.21 bits per heavy atom. The number of rotatable bonds is 7. The summed E-state index contributed by atoms with van der Waals surface area (Å²) in [6, 6.07) is 1.92. The van der Waals surface area contributed by atoms with E-state index in [9.17, 15) is 0 Å². The van der Waals surface area contributed by atoms with Crippen LogP contribution in [-0.2, 0) is 0 Å². The van der Waals surface area contributed by atoms with Gasteiger partial charge in [-0.1, -0.05) is 18.6 Å². The highest BCUT2D eigenvalue weighted by atomic mass is 15.1. The van der Waals surface area contributed by atoms with Gasteiger partial charge in [-0.25, -0.2) is 4.98 Å². The van der Waals surface area contributed by atoms with E-state index in [0.29, 0.717) is 5.95 Å². The second-order valence-electron chi connectivity index (χ2n) is 4.98. The Labute approximate surface area is 115 Å². The fraction of sp³-hybridized carbons (Fsp3) is 0.600. The summed E-state index contributed by atoms with van der Waals surface area (Å²) in [4.78, 5) is 8.64. The molecule has 0 radical (unpaired) electrons. The van der Waals surface area contributed by atoms with Gasteiger partial charge in [0.05, 0.1) is 0 Å². The summed E-state index contributed by atoms with van der Waals surface area (Å²) in [5.74, 6) is 1.62. The molecule has 0 unspecified atom stereocenters. The summed E-state index contributed by atoms with van der Waals surface area (Å²) in [5, 5.41) is 6.58. The van der Waals surface area contributed by atoms with E-state index in [1.807, 2.05) is 6.07 Å². The van der Waals surface area contributed by atoms with Crippen LogP contribution in [0.25, 0.3) is 0 Å². The van der Waals surface area contributed by atoms with E-state index >= 15 is 0 Å². The standard InChI is InChI=1S/C15H24N4/c1-2-10-17-15-18-12-9-14(19-15)16-11-8-13-6-4-3-5-7-13/h6,9,12H,2-5,7-8,10-11H2,1H3,(H2,16,17,18,19). The third-order valence-corrected chi connectivity index (χ3v) is 3.33. The summed E-state index contributed by atoms with van der Waals surface area (Å²) in [6.45, 7) is 4.00. The van der Waals surface area contributed by atoms with Crippen LogP contribution in [0.2, 0.25) is 0 Å². The van der Waals surface area contributed by atoms with Gasteiger partial charge in [0.25, 0.3) is 0 Å². The summed E-state index contributed by atoms with van der Waals surface area (Å²) in [6.07, 6.45) is 11.6. The number of allylic oxidation sites excluding steroid dienone is 1. The van der Waals surface area contributed by atoms with Crippen molar-refractivity contribution in [2.45, 2.75) is 45.4 Å². The highest BCUT2D eigenvalue weighted by molar-refractivity contribution is 5.39. The minimum absolute atomic E-state index is 0.712. The van der Waals surface area contributed by atoms with E-state index in [-0.39, 0.29) is 0 Å². The van der Waals surface area contributed by atoms with E-state index in [1.54, 1.807) is 11.8 Å². The van der Waals surface area contributed by atoms with Crippen molar-refractivity contribution in [2.24, 2.45) is 0 Å². The smallest absolute Gasteiger partial charge is 0.224 e. The van der Waals surface area contributed by atoms with Crippen molar-refractivity contribution in [3.05, 3.63) is 23.9 Å². The normalized spacial score (nSPS) is 14.9. The average molecular weight is 260 g/mol. The molecule has 2 N–H and O–H groups in total. The van der Waals surface area contributed by atoms with Gasteiger partial charge >= 0.3 is 0 Å². The number of anilines is 2. The van der Waals surface area contributed by atoms with Crippen LogP contribution in [0.1, 0.15) is 45.4 Å². The highest BCUT2D eigenvalue weighted by Gasteiger charge is 2.03. The molecule has 0 amide bonds. The first-order valence-corrected chi connectivity index (χ1v) is 7.37. The highest BCUT2D eigenvalue weighted by Crippen LogP contribution is 2.19. The van der Waals surface area contributed by atoms with Crippen LogP contribution < -0.4 is 10.6 Å². The Kier molecular flexibility index (Phi) is 5.66. The Balaban J connectivity index is 1.77. The fourth-order valence-electron chi connectivity index (χ4n) is 2.26. The summed E-state index contributed by atoms with van der Waals surface area (Å²) < 4.78 is 0. The van der Waals surface area contributed by atoms with Gasteiger partial charge in [0.2, 0.25) is 5.95 Å². The lowest BCUT2D eigenvalue weighted by molar-refractivity contribution is 0.679. The van der Waals surface area contributed by atoms with Crippen molar-refractivity contribution < 1.29 is 0 Å². The molecule has 1 aromatic heterocycles. The fourth-order valence-corrected chi connectivity index (χ4v) is 2.26. The zero-order chi connectivity index (χ0) is 13.3. The molecule has 0 atom stereocenters. The van der Waals surface area contributed by atoms with E-state index in [0.717, 1.165) is 31.7 Å². The van der Waals surface area contributed by atoms with E-state index in [1.165, 1.54) is 25.7 Å². The van der Waals surface area contributed by atoms with Crippen molar-refractivity contribution in [3.8, 4) is 0 Å². The monoisotopic (exact) mass is 260 g/mol. The quantitative estimate of drug-likeness (QED) is 0.735. The number of hydrogen-bond acceptors (Lipinski definition) is 4. The molecule has 0 fully saturated rings. The lowest BCUT2D eigenvalue weighted by Gasteiger charge is -2.13. The second kappa shape index (κ2) is 7.77. The first-order valence-electron chi connectivity index (χ1n) is 7.37. The first kappa shape index (κ1) is 13.8. The predicted octanol–water partition coefficient (Wildman–Crippen LogP) is 3.60. The first-order chi connectivity index (χ1) is 9.38. The molecule has 19 heavy (non-hydrogen) atoms. The molecule has 4 nitrogen and oxygen atoms in total. The molecule has 0 aliphatic heterocycles. The predicted molar refractivity (Wildman–Crippen MR) is 80.5 cm³/mol. The van der Waals surface area contributed by atoms with Crippen molar-refractivity contribution in [2.75, 3.05) is 23.7 Å². The Hall–Kier alpha value is -1.58. The van der Waals surface area contributed by atoms with Crippen LogP contribution in [0.5, 0.6) is 0 Å². The summed E-state index contributed by atoms with van der Waals surface area (Å²) in [5.41, 5.74) is 1.59. The number of aromatic nitrogens is 2. The maximum Gasteiger partial charge on any atom is 0.224 e. The summed E-state index contributed by atoms with van der Waals surface area (Å²) >= 11 is 0. The molecule has 0 bridgehead atoms. The van der Waals surface area contributed by atoms with Gasteiger partial charge < -0.3 is 10.6 Å². The van der Waals surface area contributed by atoms with Crippen molar-refractivity contribution in [3.63, 3.8) is 0 Å². The van der Waals surface area contributed by atoms with Crippen molar-refractivity contribution in [1.29, 1.82) is 0 Å². The SMILES string of the molecule is CCCNc1nccc(NCCC2=CCCCC2)n1. The maximum absolute atomic E-state index is 4.44. The Morgan fingerprint density at radius 3 is 2.95 bits per heavy atom. The van der Waals surface area contributed by atoms with Crippen molar-refractivity contribution in [1.82, 2.24) is 9.97 Å². The third-order valence-electron chi connectivity index (χ3n) is 3.33. The lowest BCUT2D eigenvalue weighted by Crippen LogP contribution is -2.09. The van der Waals surface area contributed by atoms with Crippen LogP contribution in [0, 0.1) is 0 Å². The molecular formula is C15H24N4. The van der Waals surface area contributed by atoms with Crippen LogP contribution in [0.15, 0.2) is 23.9 Å². The molecule has 2 rings (SSSR count). The van der Waals surface area contributed by atoms with Gasteiger partial charge in [0.15, 0.2) is 0 Å². The lowest BCUT2D eigenvalue weighted by atomic mass is 9.97. The average Bonchev–Trinajstić information content (AvgIpc) is 2.47. The van der Waals surface area contributed by atoms with Crippen LogP contribution in [0.3, 0.4) is 0 Å². The molecule has 0 saturated heterocycles. The van der Waals surface area contributed by atoms with Gasteiger partial charge in [-0.3, -0.25) is 0 Å². The van der Waals surface area contributed by atoms with Crippen molar-refractivity contribution >= 4 is 11.8 Å². The largest absolute Gasteiger partial charge is 0.370 e.